The van der Waals surface area contributed by atoms with Gasteiger partial charge in [-0.2, -0.15) is 0 Å². The molecule has 1 aromatic rings. The third-order valence-electron chi connectivity index (χ3n) is 6.40. The molecule has 0 bridgehead atoms. The maximum absolute atomic E-state index is 13.0. The van der Waals surface area contributed by atoms with Crippen molar-refractivity contribution in [3.05, 3.63) is 17.0 Å². The summed E-state index contributed by atoms with van der Waals surface area (Å²) in [6.45, 7) is 6.45. The molecule has 0 N–H and O–H groups in total. The van der Waals surface area contributed by atoms with Gasteiger partial charge in [0.1, 0.15) is 5.76 Å². The van der Waals surface area contributed by atoms with E-state index in [2.05, 4.69) is 17.0 Å². The summed E-state index contributed by atoms with van der Waals surface area (Å²) in [5.41, 5.74) is 1.67. The highest BCUT2D eigenvalue weighted by Crippen LogP contribution is 2.29. The van der Waals surface area contributed by atoms with Crippen molar-refractivity contribution >= 4 is 5.91 Å². The molecule has 25 heavy (non-hydrogen) atoms. The van der Waals surface area contributed by atoms with Crippen molar-refractivity contribution in [2.45, 2.75) is 70.8 Å². The number of hydrogen-bond donors (Lipinski definition) is 0. The summed E-state index contributed by atoms with van der Waals surface area (Å²) < 4.78 is 5.47. The number of hydrogen-bond acceptors (Lipinski definition) is 4. The van der Waals surface area contributed by atoms with Gasteiger partial charge in [-0.1, -0.05) is 24.9 Å². The number of likely N-dealkylation sites (tertiary alicyclic amines) is 2. The highest BCUT2D eigenvalue weighted by Gasteiger charge is 2.32. The first kappa shape index (κ1) is 17.1. The molecular formula is C20H31N3O2. The second-order valence-corrected chi connectivity index (χ2v) is 8.25. The average Bonchev–Trinajstić information content (AvgIpc) is 2.86. The fraction of sp³-hybridized carbons (Fsp3) is 0.800. The minimum atomic E-state index is 0.0911. The Kier molecular flexibility index (Phi) is 5.11. The lowest BCUT2D eigenvalue weighted by Gasteiger charge is -2.38. The zero-order valence-electron chi connectivity index (χ0n) is 15.5. The Balaban J connectivity index is 1.38. The molecule has 2 fully saturated rings. The van der Waals surface area contributed by atoms with Crippen molar-refractivity contribution in [1.29, 1.82) is 0 Å². The van der Waals surface area contributed by atoms with Gasteiger partial charge in [0.05, 0.1) is 0 Å². The molecule has 1 atom stereocenters. The van der Waals surface area contributed by atoms with Gasteiger partial charge >= 0.3 is 0 Å². The van der Waals surface area contributed by atoms with Gasteiger partial charge in [0, 0.05) is 31.1 Å². The van der Waals surface area contributed by atoms with Crippen molar-refractivity contribution in [2.75, 3.05) is 26.2 Å². The molecule has 0 radical (unpaired) electrons. The molecule has 0 aromatic carbocycles. The molecule has 2 saturated heterocycles. The first-order valence-corrected chi connectivity index (χ1v) is 10.2. The number of piperidine rings is 1. The molecule has 5 nitrogen and oxygen atoms in total. The summed E-state index contributed by atoms with van der Waals surface area (Å²) in [5.74, 6) is 1.65. The molecule has 138 valence electrons. The van der Waals surface area contributed by atoms with Crippen LogP contribution in [0.4, 0.5) is 0 Å². The van der Waals surface area contributed by atoms with Crippen LogP contribution in [0, 0.1) is 5.92 Å². The van der Waals surface area contributed by atoms with Gasteiger partial charge < -0.3 is 14.3 Å². The van der Waals surface area contributed by atoms with Crippen molar-refractivity contribution in [2.24, 2.45) is 5.92 Å². The van der Waals surface area contributed by atoms with Crippen molar-refractivity contribution in [1.82, 2.24) is 15.0 Å². The van der Waals surface area contributed by atoms with Crippen molar-refractivity contribution in [3.63, 3.8) is 0 Å². The SMILES string of the molecule is CC1CCc2onc(C(=O)N3CCC(N4CCCCCC4)CC3)c2C1. The molecule has 5 heteroatoms. The van der Waals surface area contributed by atoms with Gasteiger partial charge in [-0.15, -0.1) is 0 Å². The Bertz CT molecular complexity index is 596. The normalized spacial score (nSPS) is 26.3. The van der Waals surface area contributed by atoms with Crippen LogP contribution in [0.15, 0.2) is 4.52 Å². The lowest BCUT2D eigenvalue weighted by atomic mass is 9.88. The van der Waals surface area contributed by atoms with Crippen LogP contribution in [0.3, 0.4) is 0 Å². The number of carbonyl (C=O) groups excluding carboxylic acids is 1. The summed E-state index contributed by atoms with van der Waals surface area (Å²) in [6.07, 6.45) is 10.6. The van der Waals surface area contributed by atoms with Crippen LogP contribution >= 0.6 is 0 Å². The number of aryl methyl sites for hydroxylation is 1. The van der Waals surface area contributed by atoms with Crippen LogP contribution in [0.25, 0.3) is 0 Å². The number of rotatable bonds is 2. The minimum absolute atomic E-state index is 0.0911. The maximum atomic E-state index is 13.0. The minimum Gasteiger partial charge on any atom is -0.360 e. The van der Waals surface area contributed by atoms with Gasteiger partial charge in [0.25, 0.3) is 5.91 Å². The van der Waals surface area contributed by atoms with Gasteiger partial charge in [-0.05, 0) is 57.5 Å². The Labute approximate surface area is 150 Å². The number of fused-ring (bicyclic) bond motifs is 1. The quantitative estimate of drug-likeness (QED) is 0.825. The number of aromatic nitrogens is 1. The monoisotopic (exact) mass is 345 g/mol. The van der Waals surface area contributed by atoms with E-state index in [4.69, 9.17) is 4.52 Å². The number of nitrogens with zero attached hydrogens (tertiary/aromatic N) is 3. The fourth-order valence-corrected chi connectivity index (χ4v) is 4.79. The summed E-state index contributed by atoms with van der Waals surface area (Å²) in [4.78, 5) is 17.6. The molecule has 0 saturated carbocycles. The van der Waals surface area contributed by atoms with Gasteiger partial charge in [0.15, 0.2) is 5.69 Å². The summed E-state index contributed by atoms with van der Waals surface area (Å²) >= 11 is 0. The third-order valence-corrected chi connectivity index (χ3v) is 6.40. The second kappa shape index (κ2) is 7.48. The Morgan fingerprint density at radius 1 is 1.04 bits per heavy atom. The van der Waals surface area contributed by atoms with Crippen LogP contribution in [0.2, 0.25) is 0 Å². The van der Waals surface area contributed by atoms with Gasteiger partial charge in [-0.25, -0.2) is 0 Å². The van der Waals surface area contributed by atoms with Gasteiger partial charge in [0.2, 0.25) is 0 Å². The standard InChI is InChI=1S/C20H31N3O2/c1-15-6-7-18-17(14-15)19(21-25-18)20(24)23-12-8-16(9-13-23)22-10-4-2-3-5-11-22/h15-16H,2-14H2,1H3. The first-order chi connectivity index (χ1) is 12.2. The largest absolute Gasteiger partial charge is 0.360 e. The summed E-state index contributed by atoms with van der Waals surface area (Å²) in [5, 5.41) is 4.15. The van der Waals surface area contributed by atoms with E-state index in [0.29, 0.717) is 17.7 Å². The Morgan fingerprint density at radius 3 is 2.48 bits per heavy atom. The fourth-order valence-electron chi connectivity index (χ4n) is 4.79. The molecule has 2 aliphatic heterocycles. The van der Waals surface area contributed by atoms with E-state index >= 15 is 0 Å². The van der Waals surface area contributed by atoms with Crippen LogP contribution in [0.1, 0.15) is 73.7 Å². The molecule has 1 aromatic heterocycles. The Morgan fingerprint density at radius 2 is 1.76 bits per heavy atom. The van der Waals surface area contributed by atoms with Gasteiger partial charge in [-0.3, -0.25) is 4.79 Å². The van der Waals surface area contributed by atoms with E-state index in [-0.39, 0.29) is 5.91 Å². The zero-order chi connectivity index (χ0) is 17.2. The molecule has 3 heterocycles. The lowest BCUT2D eigenvalue weighted by Crippen LogP contribution is -2.47. The molecule has 1 unspecified atom stereocenters. The zero-order valence-corrected chi connectivity index (χ0v) is 15.5. The predicted molar refractivity (Wildman–Crippen MR) is 96.7 cm³/mol. The predicted octanol–water partition coefficient (Wildman–Crippen LogP) is 3.28. The summed E-state index contributed by atoms with van der Waals surface area (Å²) in [6, 6.07) is 0.661. The van der Waals surface area contributed by atoms with E-state index in [1.807, 2.05) is 4.90 Å². The number of amides is 1. The van der Waals surface area contributed by atoms with Crippen LogP contribution in [-0.2, 0) is 12.8 Å². The first-order valence-electron chi connectivity index (χ1n) is 10.2. The van der Waals surface area contributed by atoms with E-state index < -0.39 is 0 Å². The number of carbonyl (C=O) groups is 1. The van der Waals surface area contributed by atoms with E-state index in [1.54, 1.807) is 0 Å². The van der Waals surface area contributed by atoms with Crippen LogP contribution in [-0.4, -0.2) is 53.1 Å². The maximum Gasteiger partial charge on any atom is 0.276 e. The lowest BCUT2D eigenvalue weighted by molar-refractivity contribution is 0.0612. The van der Waals surface area contributed by atoms with Crippen molar-refractivity contribution in [3.8, 4) is 0 Å². The molecule has 1 amide bonds. The molecule has 0 spiro atoms. The van der Waals surface area contributed by atoms with Crippen LogP contribution < -0.4 is 0 Å². The van der Waals surface area contributed by atoms with Crippen molar-refractivity contribution < 1.29 is 9.32 Å². The smallest absolute Gasteiger partial charge is 0.276 e. The van der Waals surface area contributed by atoms with E-state index in [9.17, 15) is 4.79 Å². The topological polar surface area (TPSA) is 49.6 Å². The highest BCUT2D eigenvalue weighted by molar-refractivity contribution is 5.94. The van der Waals surface area contributed by atoms with Crippen LogP contribution in [0.5, 0.6) is 0 Å². The molecule has 4 rings (SSSR count). The second-order valence-electron chi connectivity index (χ2n) is 8.25. The molecule has 1 aliphatic carbocycles. The average molecular weight is 345 g/mol. The Hall–Kier alpha value is -1.36. The van der Waals surface area contributed by atoms with E-state index in [0.717, 1.165) is 56.5 Å². The highest BCUT2D eigenvalue weighted by atomic mass is 16.5. The van der Waals surface area contributed by atoms with E-state index in [1.165, 1.54) is 38.8 Å². The molecular weight excluding hydrogens is 314 g/mol. The third kappa shape index (κ3) is 3.62. The molecule has 3 aliphatic rings. The summed E-state index contributed by atoms with van der Waals surface area (Å²) in [7, 11) is 0.